The summed E-state index contributed by atoms with van der Waals surface area (Å²) in [5.41, 5.74) is 1.38. The number of likely N-dealkylation sites (tertiary alicyclic amines) is 1. The van der Waals surface area contributed by atoms with E-state index >= 15 is 0 Å². The van der Waals surface area contributed by atoms with Gasteiger partial charge < -0.3 is 15.0 Å². The van der Waals surface area contributed by atoms with Crippen LogP contribution in [0.3, 0.4) is 0 Å². The first-order valence-corrected chi connectivity index (χ1v) is 8.29. The molecule has 0 bridgehead atoms. The number of benzene rings is 1. The molecule has 120 valence electrons. The third-order valence-electron chi connectivity index (χ3n) is 5.06. The predicted octanol–water partition coefficient (Wildman–Crippen LogP) is 1.94. The van der Waals surface area contributed by atoms with Gasteiger partial charge in [0.05, 0.1) is 12.7 Å². The van der Waals surface area contributed by atoms with Crippen molar-refractivity contribution < 1.29 is 9.53 Å². The number of rotatable bonds is 2. The first-order valence-electron chi connectivity index (χ1n) is 8.29. The second kappa shape index (κ2) is 6.39. The molecule has 0 saturated carbocycles. The van der Waals surface area contributed by atoms with E-state index in [2.05, 4.69) is 36.5 Å². The highest BCUT2D eigenvalue weighted by molar-refractivity contribution is 5.83. The Bertz CT molecular complexity index is 519. The summed E-state index contributed by atoms with van der Waals surface area (Å²) in [6.07, 6.45) is 2.13. The molecular formula is C18H26N2O2. The van der Waals surface area contributed by atoms with E-state index in [9.17, 15) is 4.79 Å². The van der Waals surface area contributed by atoms with E-state index in [4.69, 9.17) is 4.74 Å². The molecule has 2 saturated heterocycles. The molecule has 1 amide bonds. The van der Waals surface area contributed by atoms with E-state index in [1.807, 2.05) is 17.9 Å². The standard InChI is InChI=1S/C18H26N2O2/c1-14-16(19-10-12-22-14)17(21)20-11-6-9-18(2,13-20)15-7-4-3-5-8-15/h3-5,7-8,14,16,19H,6,9-13H2,1-2H3/t14-,16+,18?/m1/s1. The second-order valence-electron chi connectivity index (χ2n) is 6.80. The van der Waals surface area contributed by atoms with Crippen LogP contribution in [-0.4, -0.2) is 49.2 Å². The van der Waals surface area contributed by atoms with Crippen molar-refractivity contribution in [2.45, 2.75) is 44.2 Å². The Morgan fingerprint density at radius 1 is 1.36 bits per heavy atom. The van der Waals surface area contributed by atoms with Crippen molar-refractivity contribution in [2.75, 3.05) is 26.2 Å². The number of hydrogen-bond acceptors (Lipinski definition) is 3. The fraction of sp³-hybridized carbons (Fsp3) is 0.611. The number of morpholine rings is 1. The Hall–Kier alpha value is -1.39. The largest absolute Gasteiger partial charge is 0.375 e. The maximum absolute atomic E-state index is 12.9. The third-order valence-corrected chi connectivity index (χ3v) is 5.06. The van der Waals surface area contributed by atoms with Crippen molar-refractivity contribution in [1.29, 1.82) is 0 Å². The molecule has 3 rings (SSSR count). The maximum Gasteiger partial charge on any atom is 0.242 e. The summed E-state index contributed by atoms with van der Waals surface area (Å²) in [6.45, 7) is 7.34. The molecule has 2 aliphatic rings. The van der Waals surface area contributed by atoms with Crippen LogP contribution in [0.25, 0.3) is 0 Å². The van der Waals surface area contributed by atoms with Crippen molar-refractivity contribution in [3.63, 3.8) is 0 Å². The van der Waals surface area contributed by atoms with E-state index in [-0.39, 0.29) is 23.5 Å². The minimum Gasteiger partial charge on any atom is -0.375 e. The van der Waals surface area contributed by atoms with Crippen LogP contribution in [-0.2, 0) is 14.9 Å². The van der Waals surface area contributed by atoms with Crippen LogP contribution < -0.4 is 5.32 Å². The van der Waals surface area contributed by atoms with Crippen molar-refractivity contribution in [2.24, 2.45) is 0 Å². The topological polar surface area (TPSA) is 41.6 Å². The van der Waals surface area contributed by atoms with Gasteiger partial charge in [0.15, 0.2) is 0 Å². The monoisotopic (exact) mass is 302 g/mol. The quantitative estimate of drug-likeness (QED) is 0.908. The zero-order chi connectivity index (χ0) is 15.6. The van der Waals surface area contributed by atoms with Gasteiger partial charge in [0, 0.05) is 25.0 Å². The van der Waals surface area contributed by atoms with Gasteiger partial charge in [-0.15, -0.1) is 0 Å². The summed E-state index contributed by atoms with van der Waals surface area (Å²) in [7, 11) is 0. The fourth-order valence-electron chi connectivity index (χ4n) is 3.71. The average Bonchev–Trinajstić information content (AvgIpc) is 2.56. The second-order valence-corrected chi connectivity index (χ2v) is 6.80. The highest BCUT2D eigenvalue weighted by atomic mass is 16.5. The first-order chi connectivity index (χ1) is 10.6. The molecule has 4 nitrogen and oxygen atoms in total. The number of carbonyl (C=O) groups is 1. The number of ether oxygens (including phenoxy) is 1. The van der Waals surface area contributed by atoms with Gasteiger partial charge in [-0.2, -0.15) is 0 Å². The van der Waals surface area contributed by atoms with Gasteiger partial charge >= 0.3 is 0 Å². The summed E-state index contributed by atoms with van der Waals surface area (Å²) in [5.74, 6) is 0.189. The van der Waals surface area contributed by atoms with Gasteiger partial charge in [-0.1, -0.05) is 37.3 Å². The number of nitrogens with one attached hydrogen (secondary N) is 1. The van der Waals surface area contributed by atoms with Crippen LogP contribution in [0.15, 0.2) is 30.3 Å². The number of piperidine rings is 1. The normalized spacial score (nSPS) is 32.7. The Kier molecular flexibility index (Phi) is 4.50. The number of hydrogen-bond donors (Lipinski definition) is 1. The number of nitrogens with zero attached hydrogens (tertiary/aromatic N) is 1. The molecule has 4 heteroatoms. The minimum absolute atomic E-state index is 0.0495. The van der Waals surface area contributed by atoms with Gasteiger partial charge in [0.1, 0.15) is 6.04 Å². The van der Waals surface area contributed by atoms with Gasteiger partial charge in [0.2, 0.25) is 5.91 Å². The molecule has 22 heavy (non-hydrogen) atoms. The van der Waals surface area contributed by atoms with Gasteiger partial charge in [-0.05, 0) is 25.3 Å². The van der Waals surface area contributed by atoms with Crippen LogP contribution in [0.4, 0.5) is 0 Å². The smallest absolute Gasteiger partial charge is 0.242 e. The van der Waals surface area contributed by atoms with Gasteiger partial charge in [0.25, 0.3) is 0 Å². The van der Waals surface area contributed by atoms with Gasteiger partial charge in [-0.25, -0.2) is 0 Å². The summed E-state index contributed by atoms with van der Waals surface area (Å²) >= 11 is 0. The van der Waals surface area contributed by atoms with E-state index < -0.39 is 0 Å². The highest BCUT2D eigenvalue weighted by Crippen LogP contribution is 2.33. The Labute approximate surface area is 132 Å². The molecule has 0 aromatic heterocycles. The summed E-state index contributed by atoms with van der Waals surface area (Å²) in [6, 6.07) is 10.4. The van der Waals surface area contributed by atoms with Crippen molar-refractivity contribution >= 4 is 5.91 Å². The molecule has 0 radical (unpaired) electrons. The van der Waals surface area contributed by atoms with Crippen LogP contribution >= 0.6 is 0 Å². The molecule has 0 spiro atoms. The van der Waals surface area contributed by atoms with Crippen molar-refractivity contribution in [3.05, 3.63) is 35.9 Å². The summed E-state index contributed by atoms with van der Waals surface area (Å²) in [4.78, 5) is 14.9. The Morgan fingerprint density at radius 3 is 2.86 bits per heavy atom. The highest BCUT2D eigenvalue weighted by Gasteiger charge is 2.38. The summed E-state index contributed by atoms with van der Waals surface area (Å²) < 4.78 is 5.63. The lowest BCUT2D eigenvalue weighted by Crippen LogP contribution is -2.59. The lowest BCUT2D eigenvalue weighted by molar-refractivity contribution is -0.141. The van der Waals surface area contributed by atoms with Crippen molar-refractivity contribution in [3.8, 4) is 0 Å². The zero-order valence-electron chi connectivity index (χ0n) is 13.5. The van der Waals surface area contributed by atoms with E-state index in [1.54, 1.807) is 0 Å². The van der Waals surface area contributed by atoms with E-state index in [0.29, 0.717) is 6.61 Å². The molecule has 1 aromatic rings. The van der Waals surface area contributed by atoms with Crippen LogP contribution in [0.1, 0.15) is 32.3 Å². The third kappa shape index (κ3) is 3.03. The molecule has 1 N–H and O–H groups in total. The van der Waals surface area contributed by atoms with Crippen molar-refractivity contribution in [1.82, 2.24) is 10.2 Å². The lowest BCUT2D eigenvalue weighted by atomic mass is 9.76. The molecule has 3 atom stereocenters. The first kappa shape index (κ1) is 15.5. The zero-order valence-corrected chi connectivity index (χ0v) is 13.5. The molecule has 1 aromatic carbocycles. The van der Waals surface area contributed by atoms with E-state index in [1.165, 1.54) is 5.56 Å². The molecular weight excluding hydrogens is 276 g/mol. The summed E-state index contributed by atoms with van der Waals surface area (Å²) in [5, 5.41) is 3.32. The Morgan fingerprint density at radius 2 is 2.14 bits per heavy atom. The molecule has 0 aliphatic carbocycles. The minimum atomic E-state index is -0.202. The maximum atomic E-state index is 12.9. The predicted molar refractivity (Wildman–Crippen MR) is 86.8 cm³/mol. The molecule has 2 heterocycles. The SMILES string of the molecule is C[C@H]1OCCN[C@@H]1C(=O)N1CCCC(C)(c2ccccc2)C1. The molecule has 2 aliphatic heterocycles. The van der Waals surface area contributed by atoms with E-state index in [0.717, 1.165) is 32.5 Å². The van der Waals surface area contributed by atoms with Gasteiger partial charge in [-0.3, -0.25) is 4.79 Å². The number of carbonyl (C=O) groups excluding carboxylic acids is 1. The lowest BCUT2D eigenvalue weighted by Gasteiger charge is -2.43. The fourth-order valence-corrected chi connectivity index (χ4v) is 3.71. The van der Waals surface area contributed by atoms with Crippen LogP contribution in [0, 0.1) is 0 Å². The average molecular weight is 302 g/mol. The number of amides is 1. The molecule has 2 fully saturated rings. The Balaban J connectivity index is 1.74. The van der Waals surface area contributed by atoms with Crippen LogP contribution in [0.2, 0.25) is 0 Å². The van der Waals surface area contributed by atoms with Crippen LogP contribution in [0.5, 0.6) is 0 Å². The molecule has 1 unspecified atom stereocenters.